The van der Waals surface area contributed by atoms with Crippen molar-refractivity contribution in [2.24, 2.45) is 0 Å². The number of benzene rings is 1. The molecule has 0 unspecified atom stereocenters. The van der Waals surface area contributed by atoms with E-state index < -0.39 is 0 Å². The molecule has 0 N–H and O–H groups in total. The highest BCUT2D eigenvalue weighted by molar-refractivity contribution is 7.12. The van der Waals surface area contributed by atoms with Gasteiger partial charge in [0.25, 0.3) is 5.91 Å². The van der Waals surface area contributed by atoms with Crippen molar-refractivity contribution in [1.82, 2.24) is 9.80 Å². The summed E-state index contributed by atoms with van der Waals surface area (Å²) < 4.78 is 0. The molecule has 1 aromatic carbocycles. The molecule has 5 nitrogen and oxygen atoms in total. The van der Waals surface area contributed by atoms with Crippen LogP contribution in [0.2, 0.25) is 0 Å². The number of aryl methyl sites for hydroxylation is 1. The molecule has 1 aromatic heterocycles. The van der Waals surface area contributed by atoms with Crippen molar-refractivity contribution < 1.29 is 9.59 Å². The van der Waals surface area contributed by atoms with E-state index in [-0.39, 0.29) is 17.4 Å². The van der Waals surface area contributed by atoms with E-state index in [0.29, 0.717) is 19.6 Å². The van der Waals surface area contributed by atoms with Gasteiger partial charge in [0.05, 0.1) is 17.0 Å². The summed E-state index contributed by atoms with van der Waals surface area (Å²) in [5.74, 6) is 0.231. The summed E-state index contributed by atoms with van der Waals surface area (Å²) in [5.41, 5.74) is 1.80. The van der Waals surface area contributed by atoms with Crippen LogP contribution in [0.5, 0.6) is 0 Å². The number of amides is 2. The van der Waals surface area contributed by atoms with Gasteiger partial charge < -0.3 is 9.80 Å². The number of likely N-dealkylation sites (tertiary alicyclic amines) is 1. The number of piperazine rings is 1. The van der Waals surface area contributed by atoms with Gasteiger partial charge in [0.1, 0.15) is 0 Å². The molecule has 2 saturated heterocycles. The van der Waals surface area contributed by atoms with Crippen molar-refractivity contribution in [3.63, 3.8) is 0 Å². The Morgan fingerprint density at radius 1 is 1.15 bits per heavy atom. The van der Waals surface area contributed by atoms with Gasteiger partial charge in [-0.2, -0.15) is 0 Å². The fraction of sp³-hybridized carbons (Fsp3) is 0.400. The average molecular weight is 369 g/mol. The van der Waals surface area contributed by atoms with Gasteiger partial charge in [-0.25, -0.2) is 0 Å². The van der Waals surface area contributed by atoms with Gasteiger partial charge in [0, 0.05) is 25.3 Å². The number of hydrogen-bond donors (Lipinski definition) is 0. The summed E-state index contributed by atoms with van der Waals surface area (Å²) in [6, 6.07) is 11.8. The lowest BCUT2D eigenvalue weighted by Crippen LogP contribution is -2.64. The topological polar surface area (TPSA) is 43.9 Å². The number of likely N-dealkylation sites (N-methyl/N-ethyl adjacent to an activating group) is 1. The Labute approximate surface area is 157 Å². The van der Waals surface area contributed by atoms with E-state index in [9.17, 15) is 9.59 Å². The van der Waals surface area contributed by atoms with Gasteiger partial charge in [0.2, 0.25) is 5.91 Å². The first-order valence-electron chi connectivity index (χ1n) is 8.90. The molecule has 2 fully saturated rings. The quantitative estimate of drug-likeness (QED) is 0.817. The van der Waals surface area contributed by atoms with Crippen LogP contribution in [0.25, 0.3) is 0 Å². The first kappa shape index (κ1) is 17.2. The normalized spacial score (nSPS) is 23.8. The molecule has 2 aliphatic rings. The number of hydrogen-bond acceptors (Lipinski definition) is 4. The lowest BCUT2D eigenvalue weighted by molar-refractivity contribution is -0.123. The number of carbonyl (C=O) groups excluding carboxylic acids is 2. The lowest BCUT2D eigenvalue weighted by Gasteiger charge is -2.46. The standard InChI is InChI=1S/C20H23N3O2S/c1-15-8-11-26-18(15)19(25)22-10-9-20(13-22)14-23(17(24)12-21(20)2)16-6-4-3-5-7-16/h3-8,11H,9-10,12-14H2,1-2H3/t20-/m0/s1. The zero-order valence-corrected chi connectivity index (χ0v) is 16.0. The fourth-order valence-electron chi connectivity index (χ4n) is 4.01. The number of nitrogens with zero attached hydrogens (tertiary/aromatic N) is 3. The Balaban J connectivity index is 1.57. The van der Waals surface area contributed by atoms with Crippen LogP contribution in [0.1, 0.15) is 21.7 Å². The van der Waals surface area contributed by atoms with Gasteiger partial charge in [-0.15, -0.1) is 11.3 Å². The number of carbonyl (C=O) groups is 2. The number of rotatable bonds is 2. The Morgan fingerprint density at radius 2 is 1.92 bits per heavy atom. The van der Waals surface area contributed by atoms with E-state index in [0.717, 1.165) is 29.1 Å². The molecule has 0 radical (unpaired) electrons. The Hall–Kier alpha value is -2.18. The van der Waals surface area contributed by atoms with Crippen LogP contribution in [-0.2, 0) is 4.79 Å². The Bertz CT molecular complexity index is 835. The minimum Gasteiger partial charge on any atom is -0.336 e. The molecule has 2 amide bonds. The summed E-state index contributed by atoms with van der Waals surface area (Å²) >= 11 is 1.51. The molecule has 136 valence electrons. The van der Waals surface area contributed by atoms with Crippen LogP contribution in [-0.4, -0.2) is 60.4 Å². The van der Waals surface area contributed by atoms with Crippen molar-refractivity contribution in [1.29, 1.82) is 0 Å². The third-order valence-electron chi connectivity index (χ3n) is 5.68. The van der Waals surface area contributed by atoms with E-state index in [1.54, 1.807) is 0 Å². The van der Waals surface area contributed by atoms with Crippen LogP contribution < -0.4 is 4.90 Å². The molecule has 26 heavy (non-hydrogen) atoms. The number of anilines is 1. The van der Waals surface area contributed by atoms with Crippen molar-refractivity contribution in [2.75, 3.05) is 38.1 Å². The van der Waals surface area contributed by atoms with Crippen LogP contribution in [0, 0.1) is 6.92 Å². The summed E-state index contributed by atoms with van der Waals surface area (Å²) in [6.45, 7) is 4.39. The first-order valence-corrected chi connectivity index (χ1v) is 9.78. The molecule has 0 bridgehead atoms. The van der Waals surface area contributed by atoms with Gasteiger partial charge in [-0.1, -0.05) is 18.2 Å². The fourth-order valence-corrected chi connectivity index (χ4v) is 4.90. The average Bonchev–Trinajstić information content (AvgIpc) is 3.26. The van der Waals surface area contributed by atoms with E-state index in [1.807, 2.05) is 65.5 Å². The first-order chi connectivity index (χ1) is 12.5. The molecule has 2 aliphatic heterocycles. The van der Waals surface area contributed by atoms with E-state index in [1.165, 1.54) is 11.3 Å². The zero-order chi connectivity index (χ0) is 18.3. The predicted molar refractivity (Wildman–Crippen MR) is 104 cm³/mol. The molecule has 4 rings (SSSR count). The second kappa shape index (κ2) is 6.52. The van der Waals surface area contributed by atoms with Crippen molar-refractivity contribution in [2.45, 2.75) is 18.9 Å². The van der Waals surface area contributed by atoms with E-state index in [2.05, 4.69) is 4.90 Å². The maximum Gasteiger partial charge on any atom is 0.264 e. The molecule has 0 saturated carbocycles. The molecular weight excluding hydrogens is 346 g/mol. The second-order valence-corrected chi connectivity index (χ2v) is 8.22. The molecule has 1 atom stereocenters. The highest BCUT2D eigenvalue weighted by Crippen LogP contribution is 2.34. The zero-order valence-electron chi connectivity index (χ0n) is 15.1. The van der Waals surface area contributed by atoms with Crippen LogP contribution in [0.3, 0.4) is 0 Å². The minimum atomic E-state index is -0.176. The minimum absolute atomic E-state index is 0.114. The molecular formula is C20H23N3O2S. The van der Waals surface area contributed by atoms with Gasteiger partial charge in [0.15, 0.2) is 0 Å². The predicted octanol–water partition coefficient (Wildman–Crippen LogP) is 2.62. The van der Waals surface area contributed by atoms with Gasteiger partial charge in [-0.05, 0) is 49.5 Å². The van der Waals surface area contributed by atoms with Crippen LogP contribution in [0.4, 0.5) is 5.69 Å². The maximum atomic E-state index is 12.9. The highest BCUT2D eigenvalue weighted by atomic mass is 32.1. The third-order valence-corrected chi connectivity index (χ3v) is 6.68. The highest BCUT2D eigenvalue weighted by Gasteiger charge is 2.48. The largest absolute Gasteiger partial charge is 0.336 e. The van der Waals surface area contributed by atoms with E-state index in [4.69, 9.17) is 0 Å². The van der Waals surface area contributed by atoms with Crippen molar-refractivity contribution in [3.8, 4) is 0 Å². The Kier molecular flexibility index (Phi) is 4.32. The van der Waals surface area contributed by atoms with Crippen LogP contribution >= 0.6 is 11.3 Å². The summed E-state index contributed by atoms with van der Waals surface area (Å²) in [6.07, 6.45) is 0.885. The van der Waals surface area contributed by atoms with Crippen molar-refractivity contribution in [3.05, 3.63) is 52.2 Å². The summed E-state index contributed by atoms with van der Waals surface area (Å²) in [7, 11) is 2.00. The maximum absolute atomic E-state index is 12.9. The van der Waals surface area contributed by atoms with Gasteiger partial charge >= 0.3 is 0 Å². The van der Waals surface area contributed by atoms with Crippen molar-refractivity contribution >= 4 is 28.8 Å². The smallest absolute Gasteiger partial charge is 0.264 e. The third kappa shape index (κ3) is 2.83. The summed E-state index contributed by atoms with van der Waals surface area (Å²) in [5, 5.41) is 1.97. The SMILES string of the molecule is Cc1ccsc1C(=O)N1CC[C@]2(C1)CN(c1ccccc1)C(=O)CN2C. The van der Waals surface area contributed by atoms with Gasteiger partial charge in [-0.3, -0.25) is 14.5 Å². The molecule has 6 heteroatoms. The molecule has 2 aromatic rings. The Morgan fingerprint density at radius 3 is 2.62 bits per heavy atom. The lowest BCUT2D eigenvalue weighted by atomic mass is 9.92. The molecule has 3 heterocycles. The number of thiophene rings is 1. The van der Waals surface area contributed by atoms with Crippen LogP contribution in [0.15, 0.2) is 41.8 Å². The van der Waals surface area contributed by atoms with E-state index >= 15 is 0 Å². The molecule has 0 aliphatic carbocycles. The molecule has 1 spiro atoms. The second-order valence-electron chi connectivity index (χ2n) is 7.31. The summed E-state index contributed by atoms with van der Waals surface area (Å²) in [4.78, 5) is 32.3. The monoisotopic (exact) mass is 369 g/mol. The number of para-hydroxylation sites is 1.